The molecule has 0 aromatic heterocycles. The van der Waals surface area contributed by atoms with Gasteiger partial charge in [0, 0.05) is 0 Å². The second-order valence-electron chi connectivity index (χ2n) is 0.527. The van der Waals surface area contributed by atoms with Crippen molar-refractivity contribution in [3.05, 3.63) is 0 Å². The topological polar surface area (TPSA) is 37.3 Å². The van der Waals surface area contributed by atoms with Gasteiger partial charge in [0.15, 0.2) is 0 Å². The first kappa shape index (κ1) is 15.9. The van der Waals surface area contributed by atoms with E-state index in [1.807, 2.05) is 0 Å². The summed E-state index contributed by atoms with van der Waals surface area (Å²) < 4.78 is 0. The van der Waals surface area contributed by atoms with Gasteiger partial charge < -0.3 is 5.11 Å². The minimum atomic E-state index is -0.980. The summed E-state index contributed by atoms with van der Waals surface area (Å²) in [6, 6.07) is 0. The van der Waals surface area contributed by atoms with Crippen LogP contribution < -0.4 is 0 Å². The maximum absolute atomic E-state index is 9.24. The summed E-state index contributed by atoms with van der Waals surface area (Å²) in [5.41, 5.74) is 0. The second-order valence-corrected chi connectivity index (χ2v) is 0.795. The van der Waals surface area contributed by atoms with Crippen LogP contribution in [0.5, 0.6) is 0 Å². The van der Waals surface area contributed by atoms with Crippen LogP contribution in [0, 0.1) is 0 Å². The van der Waals surface area contributed by atoms with Crippen molar-refractivity contribution in [2.45, 2.75) is 0 Å². The van der Waals surface area contributed by atoms with Crippen LogP contribution in [0.15, 0.2) is 0 Å². The Kier molecular flexibility index (Phi) is 24.3. The predicted molar refractivity (Wildman–Crippen MR) is 32.7 cm³/mol. The van der Waals surface area contributed by atoms with Crippen LogP contribution in [0.1, 0.15) is 0 Å². The fourth-order valence-electron chi connectivity index (χ4n) is 0. The van der Waals surface area contributed by atoms with Crippen LogP contribution in [0.4, 0.5) is 0 Å². The van der Waals surface area contributed by atoms with E-state index < -0.39 is 5.97 Å². The molecule has 0 bridgehead atoms. The zero-order valence-electron chi connectivity index (χ0n) is 2.44. The molecular formula is C2H5ClNa2O2. The average Bonchev–Trinajstić information content (AvgIpc) is 1.38. The van der Waals surface area contributed by atoms with Gasteiger partial charge in [0.1, 0.15) is 5.88 Å². The van der Waals surface area contributed by atoms with E-state index in [9.17, 15) is 4.79 Å². The molecule has 0 aliphatic heterocycles. The Hall–Kier alpha value is 1.76. The molecule has 0 aliphatic carbocycles. The first-order chi connectivity index (χ1) is 2.27. The van der Waals surface area contributed by atoms with E-state index in [0.717, 1.165) is 0 Å². The van der Waals surface area contributed by atoms with Crippen molar-refractivity contribution in [2.24, 2.45) is 0 Å². The predicted octanol–water partition coefficient (Wildman–Crippen LogP) is -0.987. The summed E-state index contributed by atoms with van der Waals surface area (Å²) in [6.45, 7) is 0. The monoisotopic (exact) mass is 142 g/mol. The molecule has 0 fully saturated rings. The number of aliphatic carboxylic acids is 1. The number of carbonyl (C=O) groups is 1. The first-order valence-electron chi connectivity index (χ1n) is 1.05. The Morgan fingerprint density at radius 2 is 1.71 bits per heavy atom. The summed E-state index contributed by atoms with van der Waals surface area (Å²) in [7, 11) is 0. The molecule has 0 saturated heterocycles. The maximum atomic E-state index is 9.24. The molecule has 0 radical (unpaired) electrons. The zero-order chi connectivity index (χ0) is 4.28. The molecular weight excluding hydrogens is 137 g/mol. The SMILES string of the molecule is O=C(O)CCl.[NaH].[NaH]. The summed E-state index contributed by atoms with van der Waals surface area (Å²) in [5, 5.41) is 7.59. The van der Waals surface area contributed by atoms with E-state index in [4.69, 9.17) is 16.7 Å². The van der Waals surface area contributed by atoms with E-state index >= 15 is 0 Å². The van der Waals surface area contributed by atoms with Gasteiger partial charge in [-0.3, -0.25) is 4.79 Å². The van der Waals surface area contributed by atoms with Gasteiger partial charge in [-0.25, -0.2) is 0 Å². The van der Waals surface area contributed by atoms with E-state index in [-0.39, 0.29) is 65.0 Å². The van der Waals surface area contributed by atoms with Gasteiger partial charge in [0.2, 0.25) is 0 Å². The average molecular weight is 142 g/mol. The molecule has 0 aromatic rings. The molecule has 0 spiro atoms. The van der Waals surface area contributed by atoms with Gasteiger partial charge >= 0.3 is 65.1 Å². The Morgan fingerprint density at radius 3 is 1.71 bits per heavy atom. The van der Waals surface area contributed by atoms with Crippen molar-refractivity contribution in [3.8, 4) is 0 Å². The van der Waals surface area contributed by atoms with Gasteiger partial charge in [-0.05, 0) is 0 Å². The molecule has 0 aliphatic rings. The number of alkyl halides is 1. The Bertz CT molecular complexity index is 49.0. The van der Waals surface area contributed by atoms with Crippen LogP contribution in [0.2, 0.25) is 0 Å². The standard InChI is InChI=1S/C2H3ClO2.2Na.2H/c3-1-2(4)5;;;;/h1H2,(H,4,5);;;;. The van der Waals surface area contributed by atoms with Crippen molar-refractivity contribution >= 4 is 76.7 Å². The molecule has 0 atom stereocenters. The number of halogens is 1. The van der Waals surface area contributed by atoms with Gasteiger partial charge in [-0.15, -0.1) is 11.6 Å². The van der Waals surface area contributed by atoms with E-state index in [1.54, 1.807) is 0 Å². The number of rotatable bonds is 1. The Morgan fingerprint density at radius 1 is 1.57 bits per heavy atom. The zero-order valence-corrected chi connectivity index (χ0v) is 3.20. The molecule has 5 heteroatoms. The molecule has 0 amide bonds. The molecule has 7 heavy (non-hydrogen) atoms. The molecule has 34 valence electrons. The molecule has 0 rings (SSSR count). The third kappa shape index (κ3) is 18.2. The molecule has 0 unspecified atom stereocenters. The van der Waals surface area contributed by atoms with Crippen LogP contribution >= 0.6 is 11.6 Å². The third-order valence-corrected chi connectivity index (χ3v) is 0.343. The van der Waals surface area contributed by atoms with Gasteiger partial charge in [-0.1, -0.05) is 0 Å². The van der Waals surface area contributed by atoms with E-state index in [2.05, 4.69) is 0 Å². The molecule has 0 aromatic carbocycles. The number of hydrogen-bond acceptors (Lipinski definition) is 1. The van der Waals surface area contributed by atoms with Crippen LogP contribution in [-0.2, 0) is 4.79 Å². The van der Waals surface area contributed by atoms with Crippen molar-refractivity contribution in [1.29, 1.82) is 0 Å². The van der Waals surface area contributed by atoms with Crippen molar-refractivity contribution in [2.75, 3.05) is 5.88 Å². The normalized spacial score (nSPS) is 5.29. The number of carboxylic acid groups (broad SMARTS) is 1. The molecule has 0 saturated carbocycles. The Balaban J connectivity index is -0.0000000800. The van der Waals surface area contributed by atoms with Crippen LogP contribution in [0.25, 0.3) is 0 Å². The minimum absolute atomic E-state index is 0. The molecule has 0 heterocycles. The van der Waals surface area contributed by atoms with Crippen LogP contribution in [-0.4, -0.2) is 76.1 Å². The summed E-state index contributed by atoms with van der Waals surface area (Å²) >= 11 is 4.74. The molecule has 2 nitrogen and oxygen atoms in total. The first-order valence-corrected chi connectivity index (χ1v) is 1.58. The van der Waals surface area contributed by atoms with E-state index in [0.29, 0.717) is 0 Å². The van der Waals surface area contributed by atoms with Crippen molar-refractivity contribution in [1.82, 2.24) is 0 Å². The van der Waals surface area contributed by atoms with Crippen LogP contribution in [0.3, 0.4) is 0 Å². The van der Waals surface area contributed by atoms with E-state index in [1.165, 1.54) is 0 Å². The fourth-order valence-corrected chi connectivity index (χ4v) is 0. The summed E-state index contributed by atoms with van der Waals surface area (Å²) in [6.07, 6.45) is 0. The van der Waals surface area contributed by atoms with Crippen molar-refractivity contribution in [3.63, 3.8) is 0 Å². The van der Waals surface area contributed by atoms with Gasteiger partial charge in [0.25, 0.3) is 0 Å². The van der Waals surface area contributed by atoms with Gasteiger partial charge in [-0.2, -0.15) is 0 Å². The Labute approximate surface area is 91.2 Å². The number of hydrogen-bond donors (Lipinski definition) is 1. The van der Waals surface area contributed by atoms with Crippen molar-refractivity contribution < 1.29 is 9.90 Å². The summed E-state index contributed by atoms with van der Waals surface area (Å²) in [5.74, 6) is -1.29. The third-order valence-electron chi connectivity index (χ3n) is 0.114. The fraction of sp³-hybridized carbons (Fsp3) is 0.500. The van der Waals surface area contributed by atoms with Gasteiger partial charge in [0.05, 0.1) is 0 Å². The quantitative estimate of drug-likeness (QED) is 0.377. The molecule has 1 N–H and O–H groups in total. The number of carboxylic acids is 1. The summed E-state index contributed by atoms with van der Waals surface area (Å²) in [4.78, 5) is 9.24. The second kappa shape index (κ2) is 10.7.